The molecule has 0 aromatic rings. The summed E-state index contributed by atoms with van der Waals surface area (Å²) in [5.74, 6) is 1.63. The minimum absolute atomic E-state index is 0.807. The zero-order valence-electron chi connectivity index (χ0n) is 6.98. The molecule has 0 aliphatic carbocycles. The van der Waals surface area contributed by atoms with Crippen molar-refractivity contribution in [2.24, 2.45) is 11.8 Å². The number of hydrogen-bond acceptors (Lipinski definition) is 1. The molecule has 0 aliphatic rings. The molecular formula is C7H18OSi. The molecule has 0 amide bonds. The molecule has 0 rings (SSSR count). The van der Waals surface area contributed by atoms with Crippen molar-refractivity contribution in [3.05, 3.63) is 0 Å². The Labute approximate surface area is 61.3 Å². The van der Waals surface area contributed by atoms with E-state index in [2.05, 4.69) is 20.8 Å². The van der Waals surface area contributed by atoms with Crippen LogP contribution in [0.2, 0.25) is 0 Å². The zero-order chi connectivity index (χ0) is 7.28. The lowest BCUT2D eigenvalue weighted by atomic mass is 9.95. The first-order chi connectivity index (χ1) is 4.18. The van der Waals surface area contributed by atoms with E-state index in [4.69, 9.17) is 4.43 Å². The molecule has 2 heteroatoms. The van der Waals surface area contributed by atoms with Crippen LogP contribution in [-0.2, 0) is 4.43 Å². The molecule has 1 unspecified atom stereocenters. The van der Waals surface area contributed by atoms with Gasteiger partial charge in [0.1, 0.15) is 10.5 Å². The van der Waals surface area contributed by atoms with Crippen molar-refractivity contribution < 1.29 is 4.43 Å². The van der Waals surface area contributed by atoms with Crippen LogP contribution in [0, 0.1) is 11.8 Å². The Kier molecular flexibility index (Phi) is 5.10. The molecule has 0 bridgehead atoms. The lowest BCUT2D eigenvalue weighted by Gasteiger charge is -2.13. The monoisotopic (exact) mass is 146 g/mol. The van der Waals surface area contributed by atoms with Gasteiger partial charge in [-0.1, -0.05) is 20.8 Å². The minimum Gasteiger partial charge on any atom is -0.428 e. The van der Waals surface area contributed by atoms with Gasteiger partial charge in [-0.05, 0) is 18.3 Å². The highest BCUT2D eigenvalue weighted by atomic mass is 28.2. The second-order valence-electron chi connectivity index (χ2n) is 3.00. The van der Waals surface area contributed by atoms with Gasteiger partial charge in [-0.15, -0.1) is 0 Å². The zero-order valence-corrected chi connectivity index (χ0v) is 8.98. The van der Waals surface area contributed by atoms with Crippen LogP contribution in [0.4, 0.5) is 0 Å². The maximum atomic E-state index is 5.10. The lowest BCUT2D eigenvalue weighted by molar-refractivity contribution is 0.276. The van der Waals surface area contributed by atoms with Gasteiger partial charge in [0.15, 0.2) is 0 Å². The maximum Gasteiger partial charge on any atom is 0.145 e. The highest BCUT2D eigenvalue weighted by Crippen LogP contribution is 2.12. The lowest BCUT2D eigenvalue weighted by Crippen LogP contribution is -2.06. The smallest absolute Gasteiger partial charge is 0.145 e. The van der Waals surface area contributed by atoms with E-state index in [0.717, 1.165) is 28.9 Å². The van der Waals surface area contributed by atoms with E-state index in [-0.39, 0.29) is 0 Å². The Balaban J connectivity index is 3.16. The van der Waals surface area contributed by atoms with Crippen molar-refractivity contribution in [2.45, 2.75) is 27.2 Å². The van der Waals surface area contributed by atoms with Gasteiger partial charge in [-0.25, -0.2) is 0 Å². The summed E-state index contributed by atoms with van der Waals surface area (Å²) in [4.78, 5) is 0. The third-order valence-corrected chi connectivity index (χ3v) is 2.32. The van der Waals surface area contributed by atoms with Crippen LogP contribution >= 0.6 is 0 Å². The summed E-state index contributed by atoms with van der Waals surface area (Å²) in [6, 6.07) is 0. The van der Waals surface area contributed by atoms with Gasteiger partial charge >= 0.3 is 0 Å². The van der Waals surface area contributed by atoms with Crippen LogP contribution in [-0.4, -0.2) is 17.1 Å². The molecule has 9 heavy (non-hydrogen) atoms. The van der Waals surface area contributed by atoms with Gasteiger partial charge in [-0.2, -0.15) is 0 Å². The van der Waals surface area contributed by atoms with Gasteiger partial charge in [0, 0.05) is 6.61 Å². The van der Waals surface area contributed by atoms with Gasteiger partial charge in [-0.3, -0.25) is 0 Å². The van der Waals surface area contributed by atoms with Crippen LogP contribution in [0.1, 0.15) is 27.2 Å². The average Bonchev–Trinajstić information content (AvgIpc) is 1.82. The number of rotatable bonds is 4. The Hall–Kier alpha value is 0.177. The molecule has 0 radical (unpaired) electrons. The topological polar surface area (TPSA) is 9.23 Å². The fraction of sp³-hybridized carbons (Fsp3) is 1.00. The van der Waals surface area contributed by atoms with E-state index in [0.29, 0.717) is 0 Å². The summed E-state index contributed by atoms with van der Waals surface area (Å²) in [6.45, 7) is 7.77. The van der Waals surface area contributed by atoms with Gasteiger partial charge < -0.3 is 4.43 Å². The third kappa shape index (κ3) is 4.67. The predicted octanol–water partition coefficient (Wildman–Crippen LogP) is 0.966. The minimum atomic E-state index is 0.807. The standard InChI is InChI=1S/C7H18OSi/c1-6(2)7(3)4-5-8-9/h6-7H,4-5H2,1-3,9H3. The van der Waals surface area contributed by atoms with Gasteiger partial charge in [0.25, 0.3) is 0 Å². The van der Waals surface area contributed by atoms with Crippen molar-refractivity contribution in [3.63, 3.8) is 0 Å². The van der Waals surface area contributed by atoms with Crippen LogP contribution in [0.15, 0.2) is 0 Å². The molecule has 0 aliphatic heterocycles. The Bertz CT molecular complexity index is 63.9. The van der Waals surface area contributed by atoms with E-state index in [1.807, 2.05) is 0 Å². The fourth-order valence-corrected chi connectivity index (χ4v) is 0.873. The molecule has 0 fully saturated rings. The highest BCUT2D eigenvalue weighted by Gasteiger charge is 2.04. The molecule has 56 valence electrons. The first kappa shape index (κ1) is 9.18. The van der Waals surface area contributed by atoms with E-state index < -0.39 is 0 Å². The third-order valence-electron chi connectivity index (χ3n) is 1.92. The average molecular weight is 146 g/mol. The summed E-state index contributed by atoms with van der Waals surface area (Å²) in [5, 5.41) is 0. The first-order valence-corrected chi connectivity index (χ1v) is 4.49. The van der Waals surface area contributed by atoms with Crippen LogP contribution in [0.3, 0.4) is 0 Å². The molecular weight excluding hydrogens is 128 g/mol. The van der Waals surface area contributed by atoms with E-state index in [1.54, 1.807) is 0 Å². The maximum absolute atomic E-state index is 5.10. The second kappa shape index (κ2) is 5.00. The Morgan fingerprint density at radius 3 is 2.22 bits per heavy atom. The van der Waals surface area contributed by atoms with E-state index >= 15 is 0 Å². The Morgan fingerprint density at radius 1 is 1.33 bits per heavy atom. The van der Waals surface area contributed by atoms with Crippen LogP contribution in [0.25, 0.3) is 0 Å². The summed E-state index contributed by atoms with van der Waals surface area (Å²) >= 11 is 0. The van der Waals surface area contributed by atoms with Gasteiger partial charge in [0.2, 0.25) is 0 Å². The van der Waals surface area contributed by atoms with Crippen molar-refractivity contribution in [1.82, 2.24) is 0 Å². The van der Waals surface area contributed by atoms with Crippen molar-refractivity contribution in [2.75, 3.05) is 6.61 Å². The van der Waals surface area contributed by atoms with Crippen LogP contribution < -0.4 is 0 Å². The summed E-state index contributed by atoms with van der Waals surface area (Å²) in [5.41, 5.74) is 0. The predicted molar refractivity (Wildman–Crippen MR) is 44.5 cm³/mol. The highest BCUT2D eigenvalue weighted by molar-refractivity contribution is 5.97. The molecule has 0 N–H and O–H groups in total. The second-order valence-corrected chi connectivity index (χ2v) is 3.58. The molecule has 1 atom stereocenters. The summed E-state index contributed by atoms with van der Waals surface area (Å²) in [7, 11) is 0.890. The van der Waals surface area contributed by atoms with E-state index in [1.165, 1.54) is 6.42 Å². The summed E-state index contributed by atoms with van der Waals surface area (Å²) < 4.78 is 5.10. The molecule has 0 saturated heterocycles. The molecule has 0 saturated carbocycles. The molecule has 0 spiro atoms. The molecule has 0 aromatic carbocycles. The molecule has 0 aromatic heterocycles. The van der Waals surface area contributed by atoms with Crippen molar-refractivity contribution >= 4 is 10.5 Å². The SMILES string of the molecule is CC(C)C(C)CCO[SiH3]. The van der Waals surface area contributed by atoms with Gasteiger partial charge in [0.05, 0.1) is 0 Å². The van der Waals surface area contributed by atoms with Crippen molar-refractivity contribution in [3.8, 4) is 0 Å². The fourth-order valence-electron chi connectivity index (χ4n) is 0.637. The Morgan fingerprint density at radius 2 is 1.89 bits per heavy atom. The van der Waals surface area contributed by atoms with Crippen LogP contribution in [0.5, 0.6) is 0 Å². The first-order valence-electron chi connectivity index (χ1n) is 3.67. The molecule has 0 heterocycles. The quantitative estimate of drug-likeness (QED) is 0.537. The summed E-state index contributed by atoms with van der Waals surface area (Å²) in [6.07, 6.45) is 1.22. The molecule has 1 nitrogen and oxygen atoms in total. The van der Waals surface area contributed by atoms with E-state index in [9.17, 15) is 0 Å². The number of hydrogen-bond donors (Lipinski definition) is 0. The van der Waals surface area contributed by atoms with Crippen molar-refractivity contribution in [1.29, 1.82) is 0 Å². The largest absolute Gasteiger partial charge is 0.428 e. The normalized spacial score (nSPS) is 14.7.